The van der Waals surface area contributed by atoms with Crippen LogP contribution in [0.3, 0.4) is 0 Å². The first-order valence-electron chi connectivity index (χ1n) is 10.4. The van der Waals surface area contributed by atoms with Crippen LogP contribution in [0.4, 0.5) is 36.6 Å². The van der Waals surface area contributed by atoms with Crippen molar-refractivity contribution >= 4 is 29.3 Å². The molecule has 2 aromatic heterocycles. The van der Waals surface area contributed by atoms with Crippen molar-refractivity contribution in [2.24, 2.45) is 0 Å². The molecule has 1 amide bonds. The molecule has 3 heterocycles. The third-order valence-corrected chi connectivity index (χ3v) is 4.83. The minimum Gasteiger partial charge on any atom is -0.351 e. The van der Waals surface area contributed by atoms with E-state index in [2.05, 4.69) is 49.7 Å². The number of hydrogen-bond acceptors (Lipinski definition) is 8. The average molecular weight is 452 g/mol. The SMILES string of the molecule is CCC.Cc1nc(NC2CC(Nc3nccc(C(F)(F)F)n3)C2)nc2c1NC(=O)CN2C. The van der Waals surface area contributed by atoms with Gasteiger partial charge in [0.15, 0.2) is 5.82 Å². The molecule has 0 unspecified atom stereocenters. The van der Waals surface area contributed by atoms with Gasteiger partial charge in [0.1, 0.15) is 11.4 Å². The van der Waals surface area contributed by atoms with E-state index >= 15 is 0 Å². The number of nitrogens with zero attached hydrogens (tertiary/aromatic N) is 5. The maximum absolute atomic E-state index is 12.7. The molecule has 0 bridgehead atoms. The molecule has 0 atom stereocenters. The van der Waals surface area contributed by atoms with E-state index in [0.717, 1.165) is 12.3 Å². The molecule has 32 heavy (non-hydrogen) atoms. The first kappa shape index (κ1) is 23.5. The number of alkyl halides is 3. The van der Waals surface area contributed by atoms with Crippen molar-refractivity contribution in [2.75, 3.05) is 34.4 Å². The minimum absolute atomic E-state index is 0.0403. The molecule has 1 saturated carbocycles. The van der Waals surface area contributed by atoms with E-state index in [4.69, 9.17) is 0 Å². The van der Waals surface area contributed by atoms with Gasteiger partial charge >= 0.3 is 6.18 Å². The number of hydrogen-bond donors (Lipinski definition) is 3. The highest BCUT2D eigenvalue weighted by atomic mass is 19.4. The molecule has 0 aromatic carbocycles. The van der Waals surface area contributed by atoms with Gasteiger partial charge in [-0.25, -0.2) is 15.0 Å². The van der Waals surface area contributed by atoms with Crippen LogP contribution in [-0.2, 0) is 11.0 Å². The van der Waals surface area contributed by atoms with Gasteiger partial charge in [-0.3, -0.25) is 4.79 Å². The molecule has 2 aromatic rings. The number of amides is 1. The molecule has 1 fully saturated rings. The molecule has 3 N–H and O–H groups in total. The van der Waals surface area contributed by atoms with Crippen molar-refractivity contribution in [3.8, 4) is 0 Å². The summed E-state index contributed by atoms with van der Waals surface area (Å²) >= 11 is 0. The highest BCUT2D eigenvalue weighted by Crippen LogP contribution is 2.32. The molecule has 2 aliphatic rings. The summed E-state index contributed by atoms with van der Waals surface area (Å²) in [5, 5.41) is 8.93. The maximum atomic E-state index is 12.7. The standard InChI is InChI=1S/C17H19F3N8O.C3H8/c1-8-13-14(28(2)7-12(29)26-13)27-16(22-8)24-10-5-9(6-10)23-15-21-4-3-11(25-15)17(18,19)20;1-3-2/h3-4,9-10H,5-7H2,1-2H3,(H,26,29)(H,21,23,25)(H,22,24,27);3H2,1-2H3. The van der Waals surface area contributed by atoms with Crippen LogP contribution < -0.4 is 20.9 Å². The van der Waals surface area contributed by atoms with E-state index in [1.54, 1.807) is 18.9 Å². The van der Waals surface area contributed by atoms with Gasteiger partial charge in [-0.1, -0.05) is 20.3 Å². The molecule has 4 rings (SSSR count). The average Bonchev–Trinajstić information content (AvgIpc) is 2.67. The quantitative estimate of drug-likeness (QED) is 0.648. The Kier molecular flexibility index (Phi) is 6.99. The number of halogens is 3. The molecule has 0 saturated heterocycles. The minimum atomic E-state index is -4.50. The lowest BCUT2D eigenvalue weighted by Gasteiger charge is -2.36. The lowest BCUT2D eigenvalue weighted by atomic mass is 9.87. The first-order valence-corrected chi connectivity index (χ1v) is 10.4. The highest BCUT2D eigenvalue weighted by Gasteiger charge is 2.34. The lowest BCUT2D eigenvalue weighted by molar-refractivity contribution is -0.141. The van der Waals surface area contributed by atoms with Crippen LogP contribution in [0.1, 0.15) is 44.5 Å². The monoisotopic (exact) mass is 452 g/mol. The topological polar surface area (TPSA) is 108 Å². The Morgan fingerprint density at radius 1 is 1.12 bits per heavy atom. The normalized spacial score (nSPS) is 19.7. The third kappa shape index (κ3) is 5.54. The summed E-state index contributed by atoms with van der Waals surface area (Å²) in [6, 6.07) is 0.863. The number of aromatic nitrogens is 4. The lowest BCUT2D eigenvalue weighted by Crippen LogP contribution is -2.44. The Morgan fingerprint density at radius 3 is 2.38 bits per heavy atom. The first-order chi connectivity index (χ1) is 15.1. The smallest absolute Gasteiger partial charge is 0.351 e. The van der Waals surface area contributed by atoms with Gasteiger partial charge in [0.25, 0.3) is 0 Å². The van der Waals surface area contributed by atoms with E-state index in [1.165, 1.54) is 6.42 Å². The molecule has 12 heteroatoms. The van der Waals surface area contributed by atoms with Gasteiger partial charge in [-0.2, -0.15) is 18.2 Å². The van der Waals surface area contributed by atoms with Crippen molar-refractivity contribution in [2.45, 2.75) is 58.3 Å². The van der Waals surface area contributed by atoms with Crippen LogP contribution in [0.15, 0.2) is 12.3 Å². The fourth-order valence-electron chi connectivity index (χ4n) is 3.32. The molecular weight excluding hydrogens is 425 g/mol. The predicted octanol–water partition coefficient (Wildman–Crippen LogP) is 3.45. The molecule has 0 radical (unpaired) electrons. The van der Waals surface area contributed by atoms with Crippen molar-refractivity contribution in [1.82, 2.24) is 19.9 Å². The number of carbonyl (C=O) groups excluding carboxylic acids is 1. The number of carbonyl (C=O) groups is 1. The number of rotatable bonds is 4. The fourth-order valence-corrected chi connectivity index (χ4v) is 3.32. The summed E-state index contributed by atoms with van der Waals surface area (Å²) in [5.74, 6) is 0.938. The summed E-state index contributed by atoms with van der Waals surface area (Å²) < 4.78 is 38.2. The number of nitrogens with one attached hydrogen (secondary N) is 3. The second kappa shape index (κ2) is 9.53. The maximum Gasteiger partial charge on any atom is 0.433 e. The summed E-state index contributed by atoms with van der Waals surface area (Å²) in [7, 11) is 1.78. The van der Waals surface area contributed by atoms with Crippen molar-refractivity contribution in [1.29, 1.82) is 0 Å². The van der Waals surface area contributed by atoms with E-state index in [0.29, 0.717) is 36.0 Å². The van der Waals surface area contributed by atoms with Gasteiger partial charge in [-0.15, -0.1) is 0 Å². The number of aryl methyl sites for hydroxylation is 1. The Hall–Kier alpha value is -3.18. The second-order valence-electron chi connectivity index (χ2n) is 7.86. The highest BCUT2D eigenvalue weighted by molar-refractivity contribution is 6.00. The number of anilines is 4. The van der Waals surface area contributed by atoms with Gasteiger partial charge in [0, 0.05) is 25.3 Å². The zero-order valence-electron chi connectivity index (χ0n) is 18.4. The van der Waals surface area contributed by atoms with Crippen molar-refractivity contribution in [3.05, 3.63) is 23.7 Å². The van der Waals surface area contributed by atoms with Crippen LogP contribution in [0.2, 0.25) is 0 Å². The van der Waals surface area contributed by atoms with E-state index in [9.17, 15) is 18.0 Å². The summed E-state index contributed by atoms with van der Waals surface area (Å²) in [6.45, 7) is 6.26. The molecule has 1 aliphatic carbocycles. The third-order valence-electron chi connectivity index (χ3n) is 4.83. The summed E-state index contributed by atoms with van der Waals surface area (Å²) in [6.07, 6.45) is -0.847. The van der Waals surface area contributed by atoms with E-state index in [-0.39, 0.29) is 30.5 Å². The van der Waals surface area contributed by atoms with Gasteiger partial charge in [0.2, 0.25) is 17.8 Å². The number of likely N-dealkylation sites (N-methyl/N-ethyl adjacent to an activating group) is 1. The fraction of sp³-hybridized carbons (Fsp3) is 0.550. The molecule has 0 spiro atoms. The summed E-state index contributed by atoms with van der Waals surface area (Å²) in [4.78, 5) is 29.7. The van der Waals surface area contributed by atoms with Crippen molar-refractivity contribution in [3.63, 3.8) is 0 Å². The van der Waals surface area contributed by atoms with Crippen LogP contribution in [0.5, 0.6) is 0 Å². The van der Waals surface area contributed by atoms with Gasteiger partial charge in [-0.05, 0) is 25.8 Å². The summed E-state index contributed by atoms with van der Waals surface area (Å²) in [5.41, 5.74) is 0.283. The molecule has 9 nitrogen and oxygen atoms in total. The van der Waals surface area contributed by atoms with Gasteiger partial charge in [0.05, 0.1) is 12.2 Å². The Labute approximate surface area is 184 Å². The van der Waals surface area contributed by atoms with Crippen molar-refractivity contribution < 1.29 is 18.0 Å². The van der Waals surface area contributed by atoms with Gasteiger partial charge < -0.3 is 20.9 Å². The molecular formula is C20H27F3N8O. The largest absolute Gasteiger partial charge is 0.433 e. The second-order valence-corrected chi connectivity index (χ2v) is 7.86. The predicted molar refractivity (Wildman–Crippen MR) is 116 cm³/mol. The Bertz CT molecular complexity index is 962. The zero-order chi connectivity index (χ0) is 23.5. The number of fused-ring (bicyclic) bond motifs is 1. The molecule has 1 aliphatic heterocycles. The van der Waals surface area contributed by atoms with Crippen LogP contribution in [0.25, 0.3) is 0 Å². The Balaban J connectivity index is 0.000000913. The Morgan fingerprint density at radius 2 is 1.75 bits per heavy atom. The van der Waals surface area contributed by atoms with E-state index < -0.39 is 11.9 Å². The van der Waals surface area contributed by atoms with Crippen LogP contribution in [0, 0.1) is 6.92 Å². The molecule has 174 valence electrons. The van der Waals surface area contributed by atoms with E-state index in [1.807, 2.05) is 0 Å². The van der Waals surface area contributed by atoms with Crippen LogP contribution >= 0.6 is 0 Å². The zero-order valence-corrected chi connectivity index (χ0v) is 18.4. The van der Waals surface area contributed by atoms with Crippen LogP contribution in [-0.4, -0.2) is 51.5 Å².